The summed E-state index contributed by atoms with van der Waals surface area (Å²) in [7, 11) is 0. The zero-order valence-corrected chi connectivity index (χ0v) is 16.9. The first kappa shape index (κ1) is 24.1. The molecule has 11 nitrogen and oxygen atoms in total. The Bertz CT molecular complexity index is 716. The van der Waals surface area contributed by atoms with Crippen LogP contribution < -0.4 is 0 Å². The third-order valence-electron chi connectivity index (χ3n) is 5.32. The number of phenolic OH excluding ortho intramolecular Hbond substituents is 2. The number of rotatable bonds is 7. The third kappa shape index (κ3) is 5.64. The summed E-state index contributed by atoms with van der Waals surface area (Å²) in [6.45, 7) is 1.18. The summed E-state index contributed by atoms with van der Waals surface area (Å²) >= 11 is 0. The summed E-state index contributed by atoms with van der Waals surface area (Å²) in [5.41, 5.74) is 0.680. The van der Waals surface area contributed by atoms with Gasteiger partial charge in [-0.3, -0.25) is 0 Å². The van der Waals surface area contributed by atoms with E-state index in [-0.39, 0.29) is 18.1 Å². The highest BCUT2D eigenvalue weighted by molar-refractivity contribution is 5.40. The highest BCUT2D eigenvalue weighted by Crippen LogP contribution is 2.29. The van der Waals surface area contributed by atoms with Gasteiger partial charge >= 0.3 is 0 Å². The van der Waals surface area contributed by atoms with Gasteiger partial charge in [-0.15, -0.1) is 0 Å². The van der Waals surface area contributed by atoms with Crippen LogP contribution in [0.4, 0.5) is 0 Å². The molecule has 0 saturated carbocycles. The largest absolute Gasteiger partial charge is 0.504 e. The van der Waals surface area contributed by atoms with Crippen LogP contribution in [0.5, 0.6) is 11.5 Å². The van der Waals surface area contributed by atoms with Gasteiger partial charge in [-0.05, 0) is 31.0 Å². The highest BCUT2D eigenvalue weighted by Gasteiger charge is 2.46. The minimum atomic E-state index is -1.55. The van der Waals surface area contributed by atoms with Gasteiger partial charge in [0, 0.05) is 6.42 Å². The number of benzene rings is 1. The molecule has 0 unspecified atom stereocenters. The standard InChI is InChI=1S/C20H29O11/c1-9-15(24)17(26)18(27)20(29-9)31-14-7-11(8-21)30-19(16(14)25)28-5-4-10-2-3-12(22)13(23)6-10/h2-3,6-7,9,11,14-27H,4-5,8H2,1H3/t9-,11+,14+,15-,16+,17+,18+,19+,20-/m0/s1. The molecule has 11 heteroatoms. The Morgan fingerprint density at radius 3 is 2.32 bits per heavy atom. The zero-order valence-electron chi connectivity index (χ0n) is 16.9. The summed E-state index contributed by atoms with van der Waals surface area (Å²) in [4.78, 5) is 0. The molecule has 2 fully saturated rings. The van der Waals surface area contributed by atoms with Crippen molar-refractivity contribution in [2.75, 3.05) is 13.2 Å². The molecule has 2 saturated heterocycles. The van der Waals surface area contributed by atoms with Crippen molar-refractivity contribution in [2.45, 2.75) is 68.7 Å². The number of aliphatic hydroxyl groups excluding tert-OH is 5. The predicted octanol–water partition coefficient (Wildman–Crippen LogP) is -1.85. The van der Waals surface area contributed by atoms with Crippen LogP contribution in [0.1, 0.15) is 12.5 Å². The van der Waals surface area contributed by atoms with Crippen molar-refractivity contribution in [3.63, 3.8) is 0 Å². The molecule has 0 spiro atoms. The highest BCUT2D eigenvalue weighted by atomic mass is 16.7. The van der Waals surface area contributed by atoms with Crippen molar-refractivity contribution < 1.29 is 54.7 Å². The normalized spacial score (nSPS) is 38.8. The fourth-order valence-electron chi connectivity index (χ4n) is 3.44. The van der Waals surface area contributed by atoms with E-state index in [0.29, 0.717) is 12.0 Å². The predicted molar refractivity (Wildman–Crippen MR) is 103 cm³/mol. The lowest BCUT2D eigenvalue weighted by Crippen LogP contribution is -2.60. The summed E-state index contributed by atoms with van der Waals surface area (Å²) in [6, 6.07) is 4.34. The Morgan fingerprint density at radius 1 is 0.903 bits per heavy atom. The lowest BCUT2D eigenvalue weighted by Gasteiger charge is -2.43. The summed E-state index contributed by atoms with van der Waals surface area (Å²) in [5, 5.41) is 68.9. The number of aliphatic hydroxyl groups is 5. The van der Waals surface area contributed by atoms with Crippen LogP contribution >= 0.6 is 0 Å². The van der Waals surface area contributed by atoms with Gasteiger partial charge < -0.3 is 54.7 Å². The quantitative estimate of drug-likeness (QED) is 0.234. The van der Waals surface area contributed by atoms with Gasteiger partial charge in [0.1, 0.15) is 24.4 Å². The minimum Gasteiger partial charge on any atom is -0.504 e. The molecule has 31 heavy (non-hydrogen) atoms. The molecule has 3 rings (SSSR count). The van der Waals surface area contributed by atoms with E-state index in [1.165, 1.54) is 25.5 Å². The van der Waals surface area contributed by atoms with Crippen molar-refractivity contribution in [1.82, 2.24) is 0 Å². The van der Waals surface area contributed by atoms with Crippen LogP contribution in [0.3, 0.4) is 0 Å². The maximum absolute atomic E-state index is 10.6. The van der Waals surface area contributed by atoms with Crippen molar-refractivity contribution >= 4 is 0 Å². The van der Waals surface area contributed by atoms with E-state index in [9.17, 15) is 35.7 Å². The molecule has 0 aliphatic carbocycles. The molecule has 0 bridgehead atoms. The van der Waals surface area contributed by atoms with Gasteiger partial charge in [0.05, 0.1) is 31.5 Å². The monoisotopic (exact) mass is 445 g/mol. The zero-order chi connectivity index (χ0) is 22.7. The Kier molecular flexibility index (Phi) is 8.08. The van der Waals surface area contributed by atoms with Crippen molar-refractivity contribution in [1.29, 1.82) is 0 Å². The molecule has 2 aliphatic heterocycles. The maximum atomic E-state index is 10.6. The molecule has 9 atom stereocenters. The molecule has 2 aliphatic rings. The minimum absolute atomic E-state index is 0.0846. The fraction of sp³-hybridized carbons (Fsp3) is 0.650. The molecule has 0 amide bonds. The first-order chi connectivity index (χ1) is 14.7. The number of aromatic hydroxyl groups is 2. The van der Waals surface area contributed by atoms with Crippen molar-refractivity contribution in [3.8, 4) is 11.5 Å². The molecule has 2 heterocycles. The van der Waals surface area contributed by atoms with E-state index in [4.69, 9.17) is 18.9 Å². The molecule has 1 aromatic rings. The van der Waals surface area contributed by atoms with Gasteiger partial charge in [-0.2, -0.15) is 0 Å². The Labute approximate surface area is 179 Å². The molecule has 175 valence electrons. The number of hydrogen-bond acceptors (Lipinski definition) is 11. The summed E-state index contributed by atoms with van der Waals surface area (Å²) in [5.74, 6) is -0.501. The van der Waals surface area contributed by atoms with E-state index in [0.717, 1.165) is 0 Å². The lowest BCUT2D eigenvalue weighted by molar-refractivity contribution is -0.328. The van der Waals surface area contributed by atoms with Crippen molar-refractivity contribution in [3.05, 3.63) is 30.2 Å². The second kappa shape index (κ2) is 10.4. The van der Waals surface area contributed by atoms with Gasteiger partial charge in [0.15, 0.2) is 24.1 Å². The van der Waals surface area contributed by atoms with Crippen LogP contribution in [0.2, 0.25) is 0 Å². The van der Waals surface area contributed by atoms with Gasteiger partial charge in [-0.25, -0.2) is 0 Å². The Morgan fingerprint density at radius 2 is 1.65 bits per heavy atom. The van der Waals surface area contributed by atoms with Gasteiger partial charge in [-0.1, -0.05) is 6.07 Å². The molecule has 1 radical (unpaired) electrons. The van der Waals surface area contributed by atoms with Crippen LogP contribution in [0.15, 0.2) is 18.2 Å². The average Bonchev–Trinajstić information content (AvgIpc) is 2.75. The second-order valence-electron chi connectivity index (χ2n) is 7.63. The first-order valence-corrected chi connectivity index (χ1v) is 9.98. The molecular formula is C20H29O11. The van der Waals surface area contributed by atoms with Gasteiger partial charge in [0.25, 0.3) is 0 Å². The Hall–Kier alpha value is -1.54. The summed E-state index contributed by atoms with van der Waals surface area (Å²) in [6.07, 6.45) is -9.17. The topological polar surface area (TPSA) is 179 Å². The first-order valence-electron chi connectivity index (χ1n) is 9.98. The van der Waals surface area contributed by atoms with E-state index in [1.807, 2.05) is 0 Å². The Balaban J connectivity index is 1.59. The van der Waals surface area contributed by atoms with E-state index in [2.05, 4.69) is 0 Å². The fourth-order valence-corrected chi connectivity index (χ4v) is 3.44. The second-order valence-corrected chi connectivity index (χ2v) is 7.63. The maximum Gasteiger partial charge on any atom is 0.186 e. The van der Waals surface area contributed by atoms with Crippen LogP contribution in [-0.2, 0) is 25.4 Å². The molecule has 0 aromatic heterocycles. The molecule has 1 aromatic carbocycles. The summed E-state index contributed by atoms with van der Waals surface area (Å²) < 4.78 is 22.1. The average molecular weight is 445 g/mol. The number of phenols is 2. The lowest BCUT2D eigenvalue weighted by atomic mass is 9.99. The van der Waals surface area contributed by atoms with Crippen molar-refractivity contribution in [2.24, 2.45) is 0 Å². The molecule has 7 N–H and O–H groups in total. The molecular weight excluding hydrogens is 416 g/mol. The SMILES string of the molecule is C[C@@H]1O[C@@H](O[C@@H]2[CH][C@H](CO)O[C@@H](OCCc3ccc(O)c(O)c3)[C@@H]2O)[C@H](O)[C@H](O)[C@H]1O. The number of ether oxygens (including phenoxy) is 4. The van der Waals surface area contributed by atoms with E-state index >= 15 is 0 Å². The smallest absolute Gasteiger partial charge is 0.186 e. The van der Waals surface area contributed by atoms with Gasteiger partial charge in [0.2, 0.25) is 0 Å². The number of hydrogen-bond donors (Lipinski definition) is 7. The van der Waals surface area contributed by atoms with Crippen LogP contribution in [0.25, 0.3) is 0 Å². The van der Waals surface area contributed by atoms with E-state index in [1.54, 1.807) is 6.07 Å². The van der Waals surface area contributed by atoms with Crippen LogP contribution in [0, 0.1) is 6.42 Å². The third-order valence-corrected chi connectivity index (χ3v) is 5.32. The van der Waals surface area contributed by atoms with E-state index < -0.39 is 61.9 Å². The van der Waals surface area contributed by atoms with Crippen LogP contribution in [-0.4, -0.2) is 104 Å².